The van der Waals surface area contributed by atoms with Gasteiger partial charge in [0.05, 0.1) is 11.4 Å². The summed E-state index contributed by atoms with van der Waals surface area (Å²) in [5.41, 5.74) is 9.01. The molecule has 3 nitrogen and oxygen atoms in total. The maximum Gasteiger partial charge on any atom is 0.159 e. The Hall–Kier alpha value is -6.71. The third-order valence-electron chi connectivity index (χ3n) is 9.61. The Morgan fingerprint density at radius 3 is 1.89 bits per heavy atom. The van der Waals surface area contributed by atoms with Gasteiger partial charge in [-0.1, -0.05) is 195 Å². The molecule has 2 atom stereocenters. The summed E-state index contributed by atoms with van der Waals surface area (Å²) in [6.07, 6.45) is 18.7. The maximum absolute atomic E-state index is 5.11. The van der Waals surface area contributed by atoms with Crippen LogP contribution in [0.25, 0.3) is 44.3 Å². The van der Waals surface area contributed by atoms with E-state index in [-0.39, 0.29) is 5.92 Å². The normalized spacial score (nSPS) is 16.0. The number of benzene rings is 2. The second-order valence-electron chi connectivity index (χ2n) is 13.3. The Bertz CT molecular complexity index is 2420. The van der Waals surface area contributed by atoms with E-state index < -0.39 is 0 Å². The summed E-state index contributed by atoms with van der Waals surface area (Å²) in [5, 5.41) is 2.21. The molecule has 0 radical (unpaired) electrons. The molecule has 2 heterocycles. The average Bonchev–Trinajstić information content (AvgIpc) is 3.23. The third kappa shape index (κ3) is 8.83. The molecule has 2 aliphatic rings. The fourth-order valence-electron chi connectivity index (χ4n) is 6.73. The van der Waals surface area contributed by atoms with Crippen LogP contribution >= 0.6 is 0 Å². The van der Waals surface area contributed by atoms with Crippen molar-refractivity contribution in [2.24, 2.45) is 10.9 Å². The number of fused-ring (bicyclic) bond motifs is 1. The van der Waals surface area contributed by atoms with E-state index in [4.69, 9.17) is 9.97 Å². The number of aromatic nitrogens is 2. The van der Waals surface area contributed by atoms with Crippen molar-refractivity contribution < 1.29 is 0 Å². The van der Waals surface area contributed by atoms with Crippen molar-refractivity contribution in [3.05, 3.63) is 230 Å². The number of aliphatic imine (C=N–C) groups is 1. The Balaban J connectivity index is 1.24. The van der Waals surface area contributed by atoms with E-state index in [0.717, 1.165) is 68.4 Å². The Morgan fingerprint density at radius 1 is 0.593 bits per heavy atom. The first-order chi connectivity index (χ1) is 26.6. The molecule has 262 valence electrons. The van der Waals surface area contributed by atoms with Gasteiger partial charge >= 0.3 is 0 Å². The zero-order valence-electron chi connectivity index (χ0n) is 30.4. The minimum Gasteiger partial charge on any atom is -0.269 e. The summed E-state index contributed by atoms with van der Waals surface area (Å²) < 4.78 is 0. The number of nitrogens with zero attached hydrogens (tertiary/aromatic N) is 3. The highest BCUT2D eigenvalue weighted by Gasteiger charge is 2.19. The molecule has 1 aromatic heterocycles. The van der Waals surface area contributed by atoms with Gasteiger partial charge < -0.3 is 0 Å². The summed E-state index contributed by atoms with van der Waals surface area (Å²) >= 11 is 0. The summed E-state index contributed by atoms with van der Waals surface area (Å²) in [5.74, 6) is 1.06. The summed E-state index contributed by atoms with van der Waals surface area (Å²) in [6, 6.07) is 52.1. The van der Waals surface area contributed by atoms with Gasteiger partial charge in [0, 0.05) is 35.4 Å². The van der Waals surface area contributed by atoms with Gasteiger partial charge in [-0.25, -0.2) is 9.97 Å². The fraction of sp³-hybridized carbons (Fsp3) is 0.0784. The third-order valence-corrected chi connectivity index (χ3v) is 9.61. The standard InChI is InChI=1S/C51H43N3/c1-38(45-25-15-8-9-16-26-46(48-28-18-17-27-47(45)48)41-20-11-6-4-3-5-7-12-21-41)29-30-39(2)51-53-49(42-22-13-10-14-23-42)36-50(54-51)43-33-31-40(32-34-43)44-24-19-35-52-37-44/h3-23,25-33,35-37,43-44H,1-2,24,34H2/b4-3?,5-3?,6-4?,7-5?,9-8?,11-6?,12-7?,15-8?,16-9?,20-11?,21-12?,25-15?,26-16?,30-29-,41-20?,41-21?,45-25?,46-26?,47-45?,48-46?. The highest BCUT2D eigenvalue weighted by Crippen LogP contribution is 2.33. The van der Waals surface area contributed by atoms with Crippen LogP contribution in [0.1, 0.15) is 35.8 Å². The number of hydrogen-bond donors (Lipinski definition) is 0. The van der Waals surface area contributed by atoms with Gasteiger partial charge in [0.2, 0.25) is 0 Å². The molecule has 54 heavy (non-hydrogen) atoms. The van der Waals surface area contributed by atoms with Crippen LogP contribution in [0, 0.1) is 5.92 Å². The lowest BCUT2D eigenvalue weighted by atomic mass is 9.86. The van der Waals surface area contributed by atoms with E-state index in [2.05, 4.69) is 140 Å². The second kappa shape index (κ2) is 17.7. The first-order valence-electron chi connectivity index (χ1n) is 18.5. The van der Waals surface area contributed by atoms with Gasteiger partial charge in [0.1, 0.15) is 0 Å². The van der Waals surface area contributed by atoms with Crippen LogP contribution in [-0.4, -0.2) is 16.2 Å². The molecule has 7 rings (SSSR count). The molecule has 0 saturated heterocycles. The number of rotatable bonds is 8. The Morgan fingerprint density at radius 2 is 1.20 bits per heavy atom. The van der Waals surface area contributed by atoms with Crippen molar-refractivity contribution in [1.82, 2.24) is 9.97 Å². The lowest BCUT2D eigenvalue weighted by Crippen LogP contribution is -2.10. The van der Waals surface area contributed by atoms with Crippen LogP contribution in [-0.2, 0) is 0 Å². The summed E-state index contributed by atoms with van der Waals surface area (Å²) in [4.78, 5) is 14.5. The van der Waals surface area contributed by atoms with E-state index in [0.29, 0.717) is 11.7 Å². The van der Waals surface area contributed by atoms with E-state index in [1.165, 1.54) is 5.57 Å². The lowest BCUT2D eigenvalue weighted by molar-refractivity contribution is 0.765. The fourth-order valence-corrected chi connectivity index (χ4v) is 6.73. The highest BCUT2D eigenvalue weighted by atomic mass is 14.9. The largest absolute Gasteiger partial charge is 0.269 e. The molecule has 0 amide bonds. The van der Waals surface area contributed by atoms with Gasteiger partial charge in [0.25, 0.3) is 0 Å². The first-order valence-corrected chi connectivity index (χ1v) is 18.5. The molecule has 0 fully saturated rings. The molecule has 4 aromatic carbocycles. The minimum absolute atomic E-state index is 0.132. The summed E-state index contributed by atoms with van der Waals surface area (Å²) in [7, 11) is 0. The van der Waals surface area contributed by atoms with Gasteiger partial charge in [-0.15, -0.1) is 0 Å². The van der Waals surface area contributed by atoms with Crippen molar-refractivity contribution in [3.63, 3.8) is 0 Å². The van der Waals surface area contributed by atoms with Gasteiger partial charge in [-0.05, 0) is 57.5 Å². The molecule has 0 bridgehead atoms. The van der Waals surface area contributed by atoms with E-state index in [9.17, 15) is 0 Å². The van der Waals surface area contributed by atoms with Crippen molar-refractivity contribution in [2.45, 2.75) is 18.8 Å². The van der Waals surface area contributed by atoms with E-state index >= 15 is 0 Å². The zero-order valence-corrected chi connectivity index (χ0v) is 30.4. The number of allylic oxidation sites excluding steroid dienone is 9. The monoisotopic (exact) mass is 697 g/mol. The second-order valence-corrected chi connectivity index (χ2v) is 13.3. The predicted octanol–water partition coefficient (Wildman–Crippen LogP) is 13.1. The van der Waals surface area contributed by atoms with Crippen LogP contribution in [0.3, 0.4) is 0 Å². The van der Waals surface area contributed by atoms with E-state index in [1.54, 1.807) is 0 Å². The first kappa shape index (κ1) is 35.7. The quantitative estimate of drug-likeness (QED) is 0.151. The Kier molecular flexibility index (Phi) is 11.7. The van der Waals surface area contributed by atoms with Crippen molar-refractivity contribution >= 4 is 28.1 Å². The van der Waals surface area contributed by atoms with Crippen LogP contribution in [0.5, 0.6) is 0 Å². The van der Waals surface area contributed by atoms with Crippen molar-refractivity contribution in [1.29, 1.82) is 0 Å². The van der Waals surface area contributed by atoms with Gasteiger partial charge in [-0.3, -0.25) is 4.99 Å². The van der Waals surface area contributed by atoms with Crippen LogP contribution in [0.4, 0.5) is 0 Å². The van der Waals surface area contributed by atoms with Crippen molar-refractivity contribution in [2.75, 3.05) is 0 Å². The molecule has 1 aliphatic carbocycles. The molecule has 3 heteroatoms. The molecule has 0 N–H and O–H groups in total. The minimum atomic E-state index is 0.132. The molecule has 1 aliphatic heterocycles. The molecular weight excluding hydrogens is 655 g/mol. The molecule has 5 aromatic rings. The lowest BCUT2D eigenvalue weighted by Gasteiger charge is -2.21. The average molecular weight is 698 g/mol. The number of hydrogen-bond acceptors (Lipinski definition) is 3. The Labute approximate surface area is 319 Å². The molecule has 0 spiro atoms. The summed E-state index contributed by atoms with van der Waals surface area (Å²) in [6.45, 7) is 9.02. The SMILES string of the molecule is C=C(/C=C\C(=C)c1ccccccc(-c2ccccccccc2)c2ccccc12)c1nc(-c2ccccc2)cc(C2C=CC(C3C=NC=CC3)=CC2)n1. The van der Waals surface area contributed by atoms with E-state index in [1.807, 2.05) is 79.2 Å². The van der Waals surface area contributed by atoms with Crippen LogP contribution < -0.4 is 0 Å². The zero-order chi connectivity index (χ0) is 37.0. The predicted molar refractivity (Wildman–Crippen MR) is 230 cm³/mol. The molecule has 2 unspecified atom stereocenters. The van der Waals surface area contributed by atoms with Gasteiger partial charge in [0.15, 0.2) is 5.82 Å². The molecular formula is C51H43N3. The smallest absolute Gasteiger partial charge is 0.159 e. The van der Waals surface area contributed by atoms with Crippen LogP contribution in [0.15, 0.2) is 218 Å². The topological polar surface area (TPSA) is 38.1 Å². The van der Waals surface area contributed by atoms with Gasteiger partial charge in [-0.2, -0.15) is 0 Å². The molecule has 0 saturated carbocycles. The maximum atomic E-state index is 5.11. The van der Waals surface area contributed by atoms with Crippen LogP contribution in [0.2, 0.25) is 0 Å². The highest BCUT2D eigenvalue weighted by molar-refractivity contribution is 6.02. The van der Waals surface area contributed by atoms with Crippen molar-refractivity contribution in [3.8, 4) is 22.4 Å².